The number of hydrogen-bond donors (Lipinski definition) is 1. The van der Waals surface area contributed by atoms with Crippen molar-refractivity contribution in [2.45, 2.75) is 103 Å². The Balaban J connectivity index is 2.33. The highest BCUT2D eigenvalue weighted by Crippen LogP contribution is 2.33. The molecule has 0 heterocycles. The summed E-state index contributed by atoms with van der Waals surface area (Å²) < 4.78 is 22.3. The molecule has 0 aliphatic heterocycles. The molecule has 214 valence electrons. The maximum atomic E-state index is 11.9. The lowest BCUT2D eigenvalue weighted by Gasteiger charge is -2.20. The summed E-state index contributed by atoms with van der Waals surface area (Å²) in [5.74, 6) is 0.524. The summed E-state index contributed by atoms with van der Waals surface area (Å²) in [4.78, 5) is 23.9. The molecule has 8 heteroatoms. The predicted octanol–water partition coefficient (Wildman–Crippen LogP) is 7.05. The second kappa shape index (κ2) is 22.7. The van der Waals surface area contributed by atoms with Gasteiger partial charge in [0.15, 0.2) is 0 Å². The largest absolute Gasteiger partial charge is 0.494 e. The Labute approximate surface area is 227 Å². The molecule has 0 spiro atoms. The van der Waals surface area contributed by atoms with Crippen LogP contribution in [0.3, 0.4) is 0 Å². The van der Waals surface area contributed by atoms with E-state index in [0.717, 1.165) is 17.7 Å². The molecule has 1 rings (SSSR count). The summed E-state index contributed by atoms with van der Waals surface area (Å²) >= 11 is 0. The second-order valence-electron chi connectivity index (χ2n) is 9.87. The van der Waals surface area contributed by atoms with E-state index >= 15 is 0 Å². The molecule has 2 atom stereocenters. The molecule has 0 aliphatic carbocycles. The first kappa shape index (κ1) is 33.8. The minimum absolute atomic E-state index is 0.0692. The van der Waals surface area contributed by atoms with Gasteiger partial charge >= 0.3 is 14.6 Å². The van der Waals surface area contributed by atoms with Crippen molar-refractivity contribution >= 4 is 14.6 Å². The molecule has 7 nitrogen and oxygen atoms in total. The monoisotopic (exact) mass is 541 g/mol. The van der Waals surface area contributed by atoms with E-state index in [9.17, 15) is 9.69 Å². The standard InChI is InChI=1S/C29H52NO6P/c1-5-7-8-9-10-11-12-13-14-15-16-21-33-27-19-17-18-26(23-27)24-28(36-29(31)6-2)25-35-37(32)34-22-20-30(3)4/h17-19,23,28,32H,5-16,20-22,24-25H2,1-4H3. The molecular weight excluding hydrogens is 489 g/mol. The van der Waals surface area contributed by atoms with Crippen LogP contribution in [0.2, 0.25) is 0 Å². The molecule has 0 radical (unpaired) electrons. The fourth-order valence-corrected chi connectivity index (χ4v) is 4.48. The molecule has 0 aromatic heterocycles. The zero-order valence-electron chi connectivity index (χ0n) is 23.8. The van der Waals surface area contributed by atoms with Crippen LogP contribution < -0.4 is 4.74 Å². The van der Waals surface area contributed by atoms with Gasteiger partial charge in [0.2, 0.25) is 0 Å². The number of hydrogen-bond acceptors (Lipinski definition) is 7. The lowest BCUT2D eigenvalue weighted by molar-refractivity contribution is -0.150. The average molecular weight is 542 g/mol. The lowest BCUT2D eigenvalue weighted by atomic mass is 10.1. The van der Waals surface area contributed by atoms with Crippen LogP contribution in [0.25, 0.3) is 0 Å². The van der Waals surface area contributed by atoms with Gasteiger partial charge in [-0.2, -0.15) is 0 Å². The van der Waals surface area contributed by atoms with Crippen molar-refractivity contribution in [2.24, 2.45) is 0 Å². The Bertz CT molecular complexity index is 690. The van der Waals surface area contributed by atoms with Gasteiger partial charge in [-0.3, -0.25) is 4.79 Å². The van der Waals surface area contributed by atoms with Crippen molar-refractivity contribution in [1.29, 1.82) is 0 Å². The number of unbranched alkanes of at least 4 members (excludes halogenated alkanes) is 10. The summed E-state index contributed by atoms with van der Waals surface area (Å²) in [6.07, 6.45) is 14.7. The lowest BCUT2D eigenvalue weighted by Crippen LogP contribution is -2.25. The van der Waals surface area contributed by atoms with Crippen molar-refractivity contribution < 1.29 is 28.2 Å². The SMILES string of the molecule is CCCCCCCCCCCCCOc1cccc(CC(COP(O)OCCN(C)C)OC(=O)CC)c1. The normalized spacial score (nSPS) is 13.0. The smallest absolute Gasteiger partial charge is 0.330 e. The molecule has 0 bridgehead atoms. The van der Waals surface area contributed by atoms with Gasteiger partial charge in [0.25, 0.3) is 0 Å². The van der Waals surface area contributed by atoms with Crippen LogP contribution in [-0.4, -0.2) is 62.3 Å². The van der Waals surface area contributed by atoms with Crippen molar-refractivity contribution in [3.05, 3.63) is 29.8 Å². The van der Waals surface area contributed by atoms with E-state index in [2.05, 4.69) is 6.92 Å². The highest BCUT2D eigenvalue weighted by molar-refractivity contribution is 7.40. The number of carbonyl (C=O) groups excluding carboxylic acids is 1. The maximum absolute atomic E-state index is 11.9. The molecular formula is C29H52NO6P. The van der Waals surface area contributed by atoms with Crippen molar-refractivity contribution in [2.75, 3.05) is 40.5 Å². The first-order valence-corrected chi connectivity index (χ1v) is 15.4. The summed E-state index contributed by atoms with van der Waals surface area (Å²) in [7, 11) is 1.84. The summed E-state index contributed by atoms with van der Waals surface area (Å²) in [5, 5.41) is 0. The molecule has 0 aliphatic rings. The summed E-state index contributed by atoms with van der Waals surface area (Å²) in [6, 6.07) is 7.88. The highest BCUT2D eigenvalue weighted by atomic mass is 31.2. The van der Waals surface area contributed by atoms with Crippen LogP contribution in [0.1, 0.15) is 96.5 Å². The maximum Gasteiger partial charge on any atom is 0.330 e. The van der Waals surface area contributed by atoms with E-state index in [-0.39, 0.29) is 19.0 Å². The van der Waals surface area contributed by atoms with Gasteiger partial charge in [-0.05, 0) is 38.2 Å². The van der Waals surface area contributed by atoms with Crippen LogP contribution in [0, 0.1) is 0 Å². The number of ether oxygens (including phenoxy) is 2. The van der Waals surface area contributed by atoms with Crippen LogP contribution in [0.5, 0.6) is 5.75 Å². The van der Waals surface area contributed by atoms with Crippen LogP contribution in [-0.2, 0) is 25.0 Å². The summed E-state index contributed by atoms with van der Waals surface area (Å²) in [6.45, 7) is 5.85. The van der Waals surface area contributed by atoms with Crippen molar-refractivity contribution in [1.82, 2.24) is 4.90 Å². The molecule has 2 unspecified atom stereocenters. The quantitative estimate of drug-likeness (QED) is 0.0853. The zero-order chi connectivity index (χ0) is 27.1. The van der Waals surface area contributed by atoms with Gasteiger partial charge in [0.05, 0.1) is 19.8 Å². The molecule has 0 fully saturated rings. The highest BCUT2D eigenvalue weighted by Gasteiger charge is 2.18. The third kappa shape index (κ3) is 19.5. The van der Waals surface area contributed by atoms with E-state index in [1.165, 1.54) is 64.2 Å². The van der Waals surface area contributed by atoms with Gasteiger partial charge < -0.3 is 28.3 Å². The van der Waals surface area contributed by atoms with E-state index in [1.54, 1.807) is 6.92 Å². The molecule has 1 aromatic rings. The predicted molar refractivity (Wildman–Crippen MR) is 152 cm³/mol. The first-order chi connectivity index (χ1) is 17.9. The summed E-state index contributed by atoms with van der Waals surface area (Å²) in [5.41, 5.74) is 0.990. The number of esters is 1. The molecule has 0 saturated carbocycles. The number of likely N-dealkylation sites (N-methyl/N-ethyl adjacent to an activating group) is 1. The third-order valence-corrected chi connectivity index (χ3v) is 6.85. The van der Waals surface area contributed by atoms with E-state index < -0.39 is 14.7 Å². The van der Waals surface area contributed by atoms with Crippen LogP contribution >= 0.6 is 8.60 Å². The Kier molecular flexibility index (Phi) is 20.7. The molecule has 0 saturated heterocycles. The van der Waals surface area contributed by atoms with E-state index in [0.29, 0.717) is 26.2 Å². The van der Waals surface area contributed by atoms with Gasteiger partial charge in [-0.15, -0.1) is 0 Å². The van der Waals surface area contributed by atoms with E-state index in [1.807, 2.05) is 43.3 Å². The van der Waals surface area contributed by atoms with Gasteiger partial charge in [0.1, 0.15) is 11.9 Å². The third-order valence-electron chi connectivity index (χ3n) is 6.08. The Morgan fingerprint density at radius 3 is 2.19 bits per heavy atom. The number of nitrogens with zero attached hydrogens (tertiary/aromatic N) is 1. The van der Waals surface area contributed by atoms with Crippen LogP contribution in [0.4, 0.5) is 0 Å². The zero-order valence-corrected chi connectivity index (χ0v) is 24.7. The number of carbonyl (C=O) groups is 1. The average Bonchev–Trinajstić information content (AvgIpc) is 2.88. The molecule has 1 N–H and O–H groups in total. The minimum atomic E-state index is -2.02. The Morgan fingerprint density at radius 1 is 0.919 bits per heavy atom. The number of benzene rings is 1. The topological polar surface area (TPSA) is 77.5 Å². The minimum Gasteiger partial charge on any atom is -0.494 e. The van der Waals surface area contributed by atoms with E-state index in [4.69, 9.17) is 18.5 Å². The van der Waals surface area contributed by atoms with Crippen molar-refractivity contribution in [3.8, 4) is 5.75 Å². The van der Waals surface area contributed by atoms with Crippen LogP contribution in [0.15, 0.2) is 24.3 Å². The fourth-order valence-electron chi connectivity index (χ4n) is 3.87. The van der Waals surface area contributed by atoms with Crippen molar-refractivity contribution in [3.63, 3.8) is 0 Å². The molecule has 37 heavy (non-hydrogen) atoms. The molecule has 1 aromatic carbocycles. The number of rotatable bonds is 24. The second-order valence-corrected chi connectivity index (χ2v) is 10.9. The Hall–Kier alpha value is -1.24. The van der Waals surface area contributed by atoms with Gasteiger partial charge in [-0.1, -0.05) is 90.2 Å². The molecule has 0 amide bonds. The van der Waals surface area contributed by atoms with Gasteiger partial charge in [0, 0.05) is 19.4 Å². The fraction of sp³-hybridized carbons (Fsp3) is 0.759. The Morgan fingerprint density at radius 2 is 1.57 bits per heavy atom. The van der Waals surface area contributed by atoms with Gasteiger partial charge in [-0.25, -0.2) is 0 Å². The first-order valence-electron chi connectivity index (χ1n) is 14.2.